The van der Waals surface area contributed by atoms with Crippen molar-refractivity contribution in [3.05, 3.63) is 64.5 Å². The number of fused-ring (bicyclic) bond motifs is 1. The first-order valence-corrected chi connectivity index (χ1v) is 13.7. The third kappa shape index (κ3) is 4.75. The molecule has 1 amide bonds. The van der Waals surface area contributed by atoms with Gasteiger partial charge in [0.2, 0.25) is 12.3 Å². The second kappa shape index (κ2) is 10.6. The summed E-state index contributed by atoms with van der Waals surface area (Å²) in [5, 5.41) is 22.7. The molecule has 2 atom stereocenters. The molecule has 0 bridgehead atoms. The minimum absolute atomic E-state index is 0.0366. The molecule has 1 saturated heterocycles. The molecule has 12 heteroatoms. The van der Waals surface area contributed by atoms with Gasteiger partial charge in [0.15, 0.2) is 0 Å². The number of amides is 1. The molecule has 0 saturated carbocycles. The van der Waals surface area contributed by atoms with Crippen LogP contribution in [0.2, 0.25) is 5.02 Å². The van der Waals surface area contributed by atoms with Crippen LogP contribution in [0.5, 0.6) is 5.75 Å². The van der Waals surface area contributed by atoms with Crippen molar-refractivity contribution in [3.63, 3.8) is 0 Å². The lowest BCUT2D eigenvalue weighted by Gasteiger charge is -2.43. The fraction of sp³-hybridized carbons (Fsp3) is 0.333. The van der Waals surface area contributed by atoms with E-state index in [4.69, 9.17) is 16.6 Å². The molecular formula is C27H28ClFN6O3S. The zero-order chi connectivity index (χ0) is 28.0. The van der Waals surface area contributed by atoms with Crippen molar-refractivity contribution in [1.82, 2.24) is 19.8 Å². The SMILES string of the molecule is C=CC(=O)N1CCN(C2=NC(O)N(c3scnc3C(C)C)c3nc(-c4c(O)cccc4F)c(Cl)cc32)[C@@H](C)C1. The standard InChI is InChI=1S/C27H28ClFN6O3S/c1-5-20(37)33-9-10-34(15(4)12-33)24-16-11-17(28)23(21-18(29)7-6-8-19(21)36)31-25(16)35(27(38)32-24)26-22(14(2)3)30-13-39-26/h5-8,11,13-15,27,36,38H,1,9-10,12H2,2-4H3/t15-,27?/m0/s1. The summed E-state index contributed by atoms with van der Waals surface area (Å²) in [7, 11) is 0. The predicted molar refractivity (Wildman–Crippen MR) is 150 cm³/mol. The van der Waals surface area contributed by atoms with Crippen LogP contribution in [-0.2, 0) is 4.79 Å². The predicted octanol–water partition coefficient (Wildman–Crippen LogP) is 4.72. The van der Waals surface area contributed by atoms with Crippen LogP contribution in [0, 0.1) is 5.82 Å². The quantitative estimate of drug-likeness (QED) is 0.437. The zero-order valence-corrected chi connectivity index (χ0v) is 23.2. The summed E-state index contributed by atoms with van der Waals surface area (Å²) in [6.07, 6.45) is -0.0662. The minimum atomic E-state index is -1.36. The van der Waals surface area contributed by atoms with Gasteiger partial charge < -0.3 is 20.0 Å². The number of aliphatic hydroxyl groups excluding tert-OH is 1. The number of thiazole rings is 1. The summed E-state index contributed by atoms with van der Waals surface area (Å²) >= 11 is 8.02. The van der Waals surface area contributed by atoms with Crippen LogP contribution in [0.1, 0.15) is 37.9 Å². The summed E-state index contributed by atoms with van der Waals surface area (Å²) < 4.78 is 14.9. The zero-order valence-electron chi connectivity index (χ0n) is 21.7. The van der Waals surface area contributed by atoms with Crippen LogP contribution >= 0.6 is 22.9 Å². The van der Waals surface area contributed by atoms with Crippen molar-refractivity contribution in [1.29, 1.82) is 0 Å². The van der Waals surface area contributed by atoms with Gasteiger partial charge in [-0.05, 0) is 37.1 Å². The molecule has 4 heterocycles. The van der Waals surface area contributed by atoms with Gasteiger partial charge in [-0.15, -0.1) is 11.3 Å². The van der Waals surface area contributed by atoms with Crippen LogP contribution in [0.25, 0.3) is 11.3 Å². The van der Waals surface area contributed by atoms with E-state index in [0.29, 0.717) is 41.9 Å². The number of phenolic OH excluding ortho intramolecular Hbond substituents is 1. The van der Waals surface area contributed by atoms with E-state index in [1.54, 1.807) is 21.4 Å². The number of hydrogen-bond acceptors (Lipinski definition) is 9. The number of hydrogen-bond donors (Lipinski definition) is 2. The first-order chi connectivity index (χ1) is 18.6. The van der Waals surface area contributed by atoms with Crippen LogP contribution in [-0.4, -0.2) is 73.8 Å². The van der Waals surface area contributed by atoms with Gasteiger partial charge in [0.25, 0.3) is 0 Å². The average Bonchev–Trinajstić information content (AvgIpc) is 3.38. The molecule has 2 aliphatic rings. The first kappa shape index (κ1) is 27.0. The second-order valence-corrected chi connectivity index (χ2v) is 11.0. The number of halogens is 2. The van der Waals surface area contributed by atoms with Gasteiger partial charge >= 0.3 is 0 Å². The number of carbonyl (C=O) groups excluding carboxylic acids is 1. The third-order valence-electron chi connectivity index (χ3n) is 6.85. The van der Waals surface area contributed by atoms with Crippen molar-refractivity contribution in [3.8, 4) is 17.0 Å². The average molecular weight is 571 g/mol. The molecule has 2 N–H and O–H groups in total. The number of anilines is 2. The third-order valence-corrected chi connectivity index (χ3v) is 7.98. The molecule has 2 aliphatic heterocycles. The summed E-state index contributed by atoms with van der Waals surface area (Å²) in [6, 6.07) is 5.47. The maximum absolute atomic E-state index is 14.9. The van der Waals surface area contributed by atoms with E-state index in [9.17, 15) is 19.4 Å². The van der Waals surface area contributed by atoms with Gasteiger partial charge in [-0.25, -0.2) is 19.4 Å². The van der Waals surface area contributed by atoms with E-state index in [1.165, 1.54) is 35.6 Å². The largest absolute Gasteiger partial charge is 0.507 e. The molecule has 0 spiro atoms. The van der Waals surface area contributed by atoms with Crippen LogP contribution in [0.3, 0.4) is 0 Å². The highest BCUT2D eigenvalue weighted by Gasteiger charge is 2.38. The fourth-order valence-corrected chi connectivity index (χ4v) is 6.17. The maximum Gasteiger partial charge on any atom is 0.246 e. The number of benzene rings is 1. The van der Waals surface area contributed by atoms with E-state index in [2.05, 4.69) is 16.6 Å². The molecule has 1 fully saturated rings. The Labute approximate surface area is 234 Å². The highest BCUT2D eigenvalue weighted by molar-refractivity contribution is 7.14. The van der Waals surface area contributed by atoms with Crippen molar-refractivity contribution >= 4 is 45.5 Å². The van der Waals surface area contributed by atoms with Gasteiger partial charge in [-0.2, -0.15) is 0 Å². The van der Waals surface area contributed by atoms with Crippen molar-refractivity contribution < 1.29 is 19.4 Å². The number of phenols is 1. The number of aliphatic hydroxyl groups is 1. The van der Waals surface area contributed by atoms with E-state index >= 15 is 0 Å². The van der Waals surface area contributed by atoms with Gasteiger partial charge in [0.1, 0.15) is 28.2 Å². The molecule has 2 aromatic heterocycles. The number of nitrogens with zero attached hydrogens (tertiary/aromatic N) is 6. The molecular weight excluding hydrogens is 543 g/mol. The number of amidine groups is 1. The van der Waals surface area contributed by atoms with Crippen molar-refractivity contribution in [2.75, 3.05) is 24.5 Å². The molecule has 39 heavy (non-hydrogen) atoms. The topological polar surface area (TPSA) is 105 Å². The van der Waals surface area contributed by atoms with Gasteiger partial charge in [0, 0.05) is 25.7 Å². The number of aliphatic imine (C=N–C) groups is 1. The Morgan fingerprint density at radius 2 is 2.10 bits per heavy atom. The molecule has 9 nitrogen and oxygen atoms in total. The van der Waals surface area contributed by atoms with Gasteiger partial charge in [0.05, 0.1) is 33.0 Å². The van der Waals surface area contributed by atoms with Crippen LogP contribution < -0.4 is 4.90 Å². The molecule has 5 rings (SSSR count). The van der Waals surface area contributed by atoms with Crippen LogP contribution in [0.15, 0.2) is 47.4 Å². The highest BCUT2D eigenvalue weighted by atomic mass is 35.5. The Morgan fingerprint density at radius 3 is 2.77 bits per heavy atom. The molecule has 1 unspecified atom stereocenters. The van der Waals surface area contributed by atoms with Crippen molar-refractivity contribution in [2.45, 2.75) is 39.1 Å². The number of aromatic hydroxyl groups is 1. The van der Waals surface area contributed by atoms with Gasteiger partial charge in [-0.1, -0.05) is 38.1 Å². The monoisotopic (exact) mass is 570 g/mol. The Balaban J connectivity index is 1.68. The van der Waals surface area contributed by atoms with E-state index in [-0.39, 0.29) is 39.9 Å². The van der Waals surface area contributed by atoms with E-state index < -0.39 is 12.2 Å². The normalized spacial score (nSPS) is 19.3. The van der Waals surface area contributed by atoms with Gasteiger partial charge in [-0.3, -0.25) is 9.69 Å². The summed E-state index contributed by atoms with van der Waals surface area (Å²) in [6.45, 7) is 10.9. The molecule has 0 aliphatic carbocycles. The van der Waals surface area contributed by atoms with E-state index in [0.717, 1.165) is 5.69 Å². The molecule has 0 radical (unpaired) electrons. The van der Waals surface area contributed by atoms with Crippen molar-refractivity contribution in [2.24, 2.45) is 4.99 Å². The lowest BCUT2D eigenvalue weighted by molar-refractivity contribution is -0.128. The Morgan fingerprint density at radius 1 is 1.33 bits per heavy atom. The second-order valence-electron chi connectivity index (χ2n) is 9.72. The number of piperazine rings is 1. The Kier molecular flexibility index (Phi) is 7.32. The summed E-state index contributed by atoms with van der Waals surface area (Å²) in [4.78, 5) is 31.4. The lowest BCUT2D eigenvalue weighted by Crippen LogP contribution is -2.56. The molecule has 204 valence electrons. The smallest absolute Gasteiger partial charge is 0.246 e. The summed E-state index contributed by atoms with van der Waals surface area (Å²) in [5.74, 6) is -0.329. The Hall–Kier alpha value is -3.54. The minimum Gasteiger partial charge on any atom is -0.507 e. The summed E-state index contributed by atoms with van der Waals surface area (Å²) in [5.41, 5.74) is 2.87. The Bertz CT molecular complexity index is 1460. The first-order valence-electron chi connectivity index (χ1n) is 12.5. The number of rotatable bonds is 4. The maximum atomic E-state index is 14.9. The number of carbonyl (C=O) groups is 1. The molecule has 1 aromatic carbocycles. The highest BCUT2D eigenvalue weighted by Crippen LogP contribution is 2.44. The number of pyridine rings is 1. The van der Waals surface area contributed by atoms with E-state index in [1.807, 2.05) is 25.7 Å². The lowest BCUT2D eigenvalue weighted by atomic mass is 10.0. The van der Waals surface area contributed by atoms with Crippen LogP contribution in [0.4, 0.5) is 15.2 Å². The fourth-order valence-electron chi connectivity index (χ4n) is 4.95. The number of aromatic nitrogens is 2. The molecule has 3 aromatic rings.